The van der Waals surface area contributed by atoms with Crippen molar-refractivity contribution in [2.45, 2.75) is 33.2 Å². The highest BCUT2D eigenvalue weighted by Crippen LogP contribution is 2.16. The van der Waals surface area contributed by atoms with E-state index in [0.717, 1.165) is 23.4 Å². The molecular formula is C19H26N4O2. The van der Waals surface area contributed by atoms with Crippen LogP contribution < -0.4 is 10.1 Å². The summed E-state index contributed by atoms with van der Waals surface area (Å²) in [6.45, 7) is 6.51. The summed E-state index contributed by atoms with van der Waals surface area (Å²) in [6, 6.07) is 9.72. The zero-order valence-corrected chi connectivity index (χ0v) is 15.5. The van der Waals surface area contributed by atoms with Crippen LogP contribution in [0.1, 0.15) is 35.6 Å². The van der Waals surface area contributed by atoms with Crippen molar-refractivity contribution in [3.05, 3.63) is 47.3 Å². The Morgan fingerprint density at radius 2 is 1.96 bits per heavy atom. The van der Waals surface area contributed by atoms with Crippen LogP contribution in [0.2, 0.25) is 0 Å². The van der Waals surface area contributed by atoms with Crippen LogP contribution in [0.15, 0.2) is 30.3 Å². The molecule has 0 spiro atoms. The fraction of sp³-hybridized carbons (Fsp3) is 0.421. The Bertz CT molecular complexity index is 716. The fourth-order valence-electron chi connectivity index (χ4n) is 2.81. The zero-order valence-electron chi connectivity index (χ0n) is 15.5. The van der Waals surface area contributed by atoms with Gasteiger partial charge in [0.15, 0.2) is 0 Å². The van der Waals surface area contributed by atoms with E-state index in [1.165, 1.54) is 0 Å². The Hall–Kier alpha value is -2.63. The van der Waals surface area contributed by atoms with Gasteiger partial charge in [0, 0.05) is 25.3 Å². The summed E-state index contributed by atoms with van der Waals surface area (Å²) >= 11 is 0. The average Bonchev–Trinajstić information content (AvgIpc) is 2.62. The van der Waals surface area contributed by atoms with Crippen LogP contribution in [0.25, 0.3) is 0 Å². The average molecular weight is 342 g/mol. The largest absolute Gasteiger partial charge is 0.497 e. The molecular weight excluding hydrogens is 316 g/mol. The van der Waals surface area contributed by atoms with Crippen LogP contribution in [-0.2, 0) is 6.42 Å². The lowest BCUT2D eigenvalue weighted by molar-refractivity contribution is 0.0697. The first-order valence-electron chi connectivity index (χ1n) is 8.45. The van der Waals surface area contributed by atoms with Gasteiger partial charge in [-0.25, -0.2) is 9.97 Å². The molecule has 6 nitrogen and oxygen atoms in total. The van der Waals surface area contributed by atoms with E-state index in [1.807, 2.05) is 43.0 Å². The molecule has 0 saturated carbocycles. The van der Waals surface area contributed by atoms with Crippen molar-refractivity contribution < 1.29 is 9.53 Å². The number of ether oxygens (including phenoxy) is 1. The van der Waals surface area contributed by atoms with Gasteiger partial charge in [-0.15, -0.1) is 0 Å². The van der Waals surface area contributed by atoms with E-state index in [1.54, 1.807) is 20.2 Å². The molecule has 6 heteroatoms. The molecule has 0 aliphatic carbocycles. The third-order valence-electron chi connectivity index (χ3n) is 4.12. The van der Waals surface area contributed by atoms with Gasteiger partial charge in [-0.3, -0.25) is 4.79 Å². The fourth-order valence-corrected chi connectivity index (χ4v) is 2.81. The van der Waals surface area contributed by atoms with Gasteiger partial charge in [0.25, 0.3) is 5.91 Å². The molecule has 0 aliphatic heterocycles. The van der Waals surface area contributed by atoms with E-state index in [2.05, 4.69) is 22.2 Å². The zero-order chi connectivity index (χ0) is 18.4. The van der Waals surface area contributed by atoms with E-state index in [4.69, 9.17) is 4.74 Å². The molecule has 1 heterocycles. The highest BCUT2D eigenvalue weighted by molar-refractivity contribution is 5.92. The number of likely N-dealkylation sites (N-methyl/N-ethyl adjacent to an activating group) is 1. The number of aryl methyl sites for hydroxylation is 1. The maximum absolute atomic E-state index is 12.9. The lowest BCUT2D eigenvalue weighted by Crippen LogP contribution is -2.40. The molecule has 0 radical (unpaired) electrons. The van der Waals surface area contributed by atoms with Crippen LogP contribution in [-0.4, -0.2) is 47.5 Å². The maximum Gasteiger partial charge on any atom is 0.272 e. The van der Waals surface area contributed by atoms with E-state index in [0.29, 0.717) is 18.2 Å². The molecule has 0 unspecified atom stereocenters. The first kappa shape index (κ1) is 18.7. The number of benzene rings is 1. The third-order valence-corrected chi connectivity index (χ3v) is 4.12. The molecule has 2 rings (SSSR count). The number of methoxy groups -OCH3 is 1. The van der Waals surface area contributed by atoms with Gasteiger partial charge < -0.3 is 15.0 Å². The van der Waals surface area contributed by atoms with Crippen molar-refractivity contribution >= 4 is 11.9 Å². The second-order valence-electron chi connectivity index (χ2n) is 5.96. The smallest absolute Gasteiger partial charge is 0.272 e. The Balaban J connectivity index is 2.16. The van der Waals surface area contributed by atoms with Crippen LogP contribution >= 0.6 is 0 Å². The summed E-state index contributed by atoms with van der Waals surface area (Å²) in [7, 11) is 3.39. The lowest BCUT2D eigenvalue weighted by atomic mass is 10.1. The Morgan fingerprint density at radius 1 is 1.28 bits per heavy atom. The number of nitrogens with zero attached hydrogens (tertiary/aromatic N) is 3. The van der Waals surface area contributed by atoms with Gasteiger partial charge in [0.1, 0.15) is 11.4 Å². The monoisotopic (exact) mass is 342 g/mol. The standard InChI is InChI=1S/C19H26N4O2/c1-6-23(14(3)12-15-7-9-16(25-5)10-8-15)18(24)17-11-13(2)21-19(20-4)22-17/h7-11,14H,6,12H2,1-5H3,(H,20,21,22)/t14-/m1/s1. The number of hydrogen-bond donors (Lipinski definition) is 1. The lowest BCUT2D eigenvalue weighted by Gasteiger charge is -2.28. The number of carbonyl (C=O) groups excluding carboxylic acids is 1. The van der Waals surface area contributed by atoms with Crippen LogP contribution in [0.4, 0.5) is 5.95 Å². The molecule has 1 amide bonds. The minimum absolute atomic E-state index is 0.0548. The summed E-state index contributed by atoms with van der Waals surface area (Å²) in [5.41, 5.74) is 2.34. The molecule has 1 atom stereocenters. The van der Waals surface area contributed by atoms with Gasteiger partial charge in [0.05, 0.1) is 7.11 Å². The quantitative estimate of drug-likeness (QED) is 0.838. The molecule has 1 aromatic heterocycles. The summed E-state index contributed by atoms with van der Waals surface area (Å²) in [6.07, 6.45) is 0.770. The molecule has 1 aromatic carbocycles. The van der Waals surface area contributed by atoms with E-state index in [9.17, 15) is 4.79 Å². The van der Waals surface area contributed by atoms with Gasteiger partial charge in [-0.1, -0.05) is 12.1 Å². The van der Waals surface area contributed by atoms with Gasteiger partial charge in [-0.2, -0.15) is 0 Å². The number of aromatic nitrogens is 2. The molecule has 0 fully saturated rings. The first-order valence-corrected chi connectivity index (χ1v) is 8.45. The van der Waals surface area contributed by atoms with Gasteiger partial charge in [-0.05, 0) is 51.0 Å². The highest BCUT2D eigenvalue weighted by atomic mass is 16.5. The van der Waals surface area contributed by atoms with E-state index >= 15 is 0 Å². The Labute approximate surface area is 149 Å². The van der Waals surface area contributed by atoms with Gasteiger partial charge in [0.2, 0.25) is 5.95 Å². The van der Waals surface area contributed by atoms with Crippen molar-refractivity contribution in [1.29, 1.82) is 0 Å². The van der Waals surface area contributed by atoms with E-state index < -0.39 is 0 Å². The second-order valence-corrected chi connectivity index (χ2v) is 5.96. The number of anilines is 1. The van der Waals surface area contributed by atoms with Crippen molar-refractivity contribution in [3.8, 4) is 5.75 Å². The molecule has 2 aromatic rings. The number of rotatable bonds is 7. The number of nitrogens with one attached hydrogen (secondary N) is 1. The van der Waals surface area contributed by atoms with Gasteiger partial charge >= 0.3 is 0 Å². The molecule has 0 aliphatic rings. The topological polar surface area (TPSA) is 67.4 Å². The van der Waals surface area contributed by atoms with Crippen molar-refractivity contribution in [2.75, 3.05) is 26.0 Å². The number of amides is 1. The van der Waals surface area contributed by atoms with Crippen LogP contribution in [0.5, 0.6) is 5.75 Å². The molecule has 25 heavy (non-hydrogen) atoms. The highest BCUT2D eigenvalue weighted by Gasteiger charge is 2.22. The molecule has 134 valence electrons. The molecule has 0 bridgehead atoms. The predicted molar refractivity (Wildman–Crippen MR) is 99.2 cm³/mol. The van der Waals surface area contributed by atoms with Crippen molar-refractivity contribution in [3.63, 3.8) is 0 Å². The summed E-state index contributed by atoms with van der Waals surface area (Å²) in [5, 5.41) is 2.90. The third kappa shape index (κ3) is 4.68. The van der Waals surface area contributed by atoms with E-state index in [-0.39, 0.29) is 11.9 Å². The van der Waals surface area contributed by atoms with Crippen molar-refractivity contribution in [1.82, 2.24) is 14.9 Å². The summed E-state index contributed by atoms with van der Waals surface area (Å²) in [5.74, 6) is 1.21. The number of hydrogen-bond acceptors (Lipinski definition) is 5. The molecule has 0 saturated heterocycles. The molecule has 1 N–H and O–H groups in total. The van der Waals surface area contributed by atoms with Crippen molar-refractivity contribution in [2.24, 2.45) is 0 Å². The summed E-state index contributed by atoms with van der Waals surface area (Å²) in [4.78, 5) is 23.3. The van der Waals surface area contributed by atoms with Crippen LogP contribution in [0.3, 0.4) is 0 Å². The van der Waals surface area contributed by atoms with Crippen LogP contribution in [0, 0.1) is 6.92 Å². The Morgan fingerprint density at radius 3 is 2.52 bits per heavy atom. The SMILES string of the molecule is CCN(C(=O)c1cc(C)nc(NC)n1)[C@H](C)Cc1ccc(OC)cc1. The predicted octanol–water partition coefficient (Wildman–Crippen LogP) is 2.93. The minimum Gasteiger partial charge on any atom is -0.497 e. The minimum atomic E-state index is -0.0782. The maximum atomic E-state index is 12.9. The normalized spacial score (nSPS) is 11.7. The second kappa shape index (κ2) is 8.46. The Kier molecular flexibility index (Phi) is 6.33. The first-order chi connectivity index (χ1) is 12.0. The summed E-state index contributed by atoms with van der Waals surface area (Å²) < 4.78 is 5.19. The number of carbonyl (C=O) groups is 1.